The van der Waals surface area contributed by atoms with Crippen molar-refractivity contribution in [2.45, 2.75) is 36.9 Å². The van der Waals surface area contributed by atoms with Crippen LogP contribution in [0.2, 0.25) is 0 Å². The maximum Gasteiger partial charge on any atom is 0.270 e. The number of likely N-dealkylation sites (tertiary alicyclic amines) is 1. The highest BCUT2D eigenvalue weighted by Gasteiger charge is 2.60. The van der Waals surface area contributed by atoms with Gasteiger partial charge in [0.1, 0.15) is 11.1 Å². The Balaban J connectivity index is 2.13. The highest BCUT2D eigenvalue weighted by Crippen LogP contribution is 2.44. The quantitative estimate of drug-likeness (QED) is 0.519. The van der Waals surface area contributed by atoms with Crippen LogP contribution < -0.4 is 0 Å². The molecular formula is C16H22ClN3O4S. The third-order valence-electron chi connectivity index (χ3n) is 4.79. The molecule has 2 saturated heterocycles. The lowest BCUT2D eigenvalue weighted by Crippen LogP contribution is -2.68. The average molecular weight is 388 g/mol. The molecule has 9 heteroatoms. The minimum atomic E-state index is -3.82. The number of carbonyl (C=O) groups excluding carboxylic acids is 2. The molecule has 3 rings (SSSR count). The summed E-state index contributed by atoms with van der Waals surface area (Å²) in [6.07, 6.45) is 4.35. The summed E-state index contributed by atoms with van der Waals surface area (Å²) in [5.41, 5.74) is 0.453. The molecule has 3 aliphatic rings. The van der Waals surface area contributed by atoms with Crippen LogP contribution in [0.15, 0.2) is 22.4 Å². The molecule has 0 spiro atoms. The van der Waals surface area contributed by atoms with E-state index in [2.05, 4.69) is 0 Å². The van der Waals surface area contributed by atoms with Gasteiger partial charge in [0.2, 0.25) is 15.7 Å². The molecule has 3 heterocycles. The molecule has 25 heavy (non-hydrogen) atoms. The largest absolute Gasteiger partial charge is 0.382 e. The number of piperidine rings is 1. The molecule has 2 amide bonds. The van der Waals surface area contributed by atoms with Gasteiger partial charge >= 0.3 is 0 Å². The lowest BCUT2D eigenvalue weighted by molar-refractivity contribution is -0.143. The van der Waals surface area contributed by atoms with Gasteiger partial charge in [0.15, 0.2) is 5.37 Å². The lowest BCUT2D eigenvalue weighted by Gasteiger charge is -2.48. The number of amides is 2. The molecule has 0 aromatic heterocycles. The van der Waals surface area contributed by atoms with E-state index >= 15 is 0 Å². The number of allylic oxidation sites excluding steroid dienone is 1. The first kappa shape index (κ1) is 18.3. The van der Waals surface area contributed by atoms with E-state index in [0.29, 0.717) is 18.7 Å². The first-order valence-electron chi connectivity index (χ1n) is 8.27. The number of rotatable bonds is 2. The zero-order chi connectivity index (χ0) is 18.5. The number of hydrogen-bond acceptors (Lipinski definition) is 5. The molecule has 138 valence electrons. The normalized spacial score (nSPS) is 30.2. The molecule has 0 aromatic rings. The van der Waals surface area contributed by atoms with Gasteiger partial charge in [0.25, 0.3) is 5.91 Å². The molecule has 7 nitrogen and oxygen atoms in total. The number of halogens is 1. The summed E-state index contributed by atoms with van der Waals surface area (Å²) < 4.78 is 25.8. The number of sulfone groups is 1. The number of nitrogens with zero attached hydrogens (tertiary/aromatic N) is 3. The van der Waals surface area contributed by atoms with E-state index < -0.39 is 26.5 Å². The highest BCUT2D eigenvalue weighted by molar-refractivity contribution is 7.96. The molecule has 0 bridgehead atoms. The van der Waals surface area contributed by atoms with E-state index in [-0.39, 0.29) is 16.5 Å². The first-order valence-corrected chi connectivity index (χ1v) is 10.3. The summed E-state index contributed by atoms with van der Waals surface area (Å²) in [4.78, 5) is 29.7. The first-order chi connectivity index (χ1) is 11.7. The fourth-order valence-corrected chi connectivity index (χ4v) is 6.20. The molecule has 0 aliphatic carbocycles. The Morgan fingerprint density at radius 1 is 1.24 bits per heavy atom. The minimum Gasteiger partial charge on any atom is -0.382 e. The van der Waals surface area contributed by atoms with Crippen LogP contribution >= 0.6 is 11.6 Å². The van der Waals surface area contributed by atoms with Crippen LogP contribution in [0.3, 0.4) is 0 Å². The van der Waals surface area contributed by atoms with Gasteiger partial charge in [0.05, 0.1) is 4.91 Å². The van der Waals surface area contributed by atoms with Crippen LogP contribution in [-0.4, -0.2) is 72.9 Å². The number of carbonyl (C=O) groups is 2. The molecule has 0 unspecified atom stereocenters. The topological polar surface area (TPSA) is 78.0 Å². The lowest BCUT2D eigenvalue weighted by atomic mass is 10.0. The summed E-state index contributed by atoms with van der Waals surface area (Å²) >= 11 is 6.00. The van der Waals surface area contributed by atoms with Crippen LogP contribution in [0, 0.1) is 0 Å². The van der Waals surface area contributed by atoms with Crippen LogP contribution in [-0.2, 0) is 19.4 Å². The van der Waals surface area contributed by atoms with Gasteiger partial charge < -0.3 is 9.80 Å². The van der Waals surface area contributed by atoms with E-state index in [1.54, 1.807) is 30.8 Å². The maximum absolute atomic E-state index is 13.0. The summed E-state index contributed by atoms with van der Waals surface area (Å²) in [6.45, 7) is 2.81. The van der Waals surface area contributed by atoms with E-state index in [0.717, 1.165) is 24.2 Å². The van der Waals surface area contributed by atoms with Gasteiger partial charge in [-0.15, -0.1) is 11.6 Å². The van der Waals surface area contributed by atoms with E-state index in [4.69, 9.17) is 11.6 Å². The van der Waals surface area contributed by atoms with E-state index in [9.17, 15) is 18.0 Å². The summed E-state index contributed by atoms with van der Waals surface area (Å²) in [5, 5.41) is -2.37. The SMILES string of the molecule is CC1=C(C(=O)N2CCCCC2)N2C(=O)[C@H](Cl)[C@H]2S(=O)(=O)/C1=C\N(C)C. The maximum atomic E-state index is 13.0. The zero-order valence-corrected chi connectivity index (χ0v) is 16.1. The Morgan fingerprint density at radius 2 is 1.84 bits per heavy atom. The molecule has 0 saturated carbocycles. The standard InChI is InChI=1S/C16H22ClN3O4S/c1-10-11(9-18(2)3)25(23,24)16-12(17)14(21)20(16)13(10)15(22)19-7-5-4-6-8-19/h9,12,16H,4-8H2,1-3H3/b11-9-/t12-,16+/m0/s1. The monoisotopic (exact) mass is 387 g/mol. The van der Waals surface area contributed by atoms with E-state index in [1.165, 1.54) is 6.20 Å². The Bertz CT molecular complexity index is 781. The third-order valence-corrected chi connectivity index (χ3v) is 7.51. The van der Waals surface area contributed by atoms with Crippen molar-refractivity contribution in [3.63, 3.8) is 0 Å². The van der Waals surface area contributed by atoms with Gasteiger partial charge in [-0.05, 0) is 31.8 Å². The fourth-order valence-electron chi connectivity index (χ4n) is 3.52. The van der Waals surface area contributed by atoms with Crippen molar-refractivity contribution in [1.82, 2.24) is 14.7 Å². The summed E-state index contributed by atoms with van der Waals surface area (Å²) in [7, 11) is -0.411. The minimum absolute atomic E-state index is 0.0530. The Hall–Kier alpha value is -1.54. The Morgan fingerprint density at radius 3 is 2.40 bits per heavy atom. The second-order valence-electron chi connectivity index (χ2n) is 6.83. The highest BCUT2D eigenvalue weighted by atomic mass is 35.5. The Labute approximate surface area is 152 Å². The van der Waals surface area contributed by atoms with Gasteiger partial charge in [-0.1, -0.05) is 0 Å². The van der Waals surface area contributed by atoms with Gasteiger partial charge in [-0.3, -0.25) is 14.5 Å². The number of hydrogen-bond donors (Lipinski definition) is 0. The molecule has 0 aromatic carbocycles. The van der Waals surface area contributed by atoms with Gasteiger partial charge in [0, 0.05) is 33.4 Å². The predicted molar refractivity (Wildman–Crippen MR) is 94.1 cm³/mol. The van der Waals surface area contributed by atoms with Crippen molar-refractivity contribution in [3.8, 4) is 0 Å². The molecule has 2 atom stereocenters. The van der Waals surface area contributed by atoms with Crippen molar-refractivity contribution in [3.05, 3.63) is 22.4 Å². The number of β-lactam (4-membered cyclic amide) rings is 1. The van der Waals surface area contributed by atoms with Crippen molar-refractivity contribution in [1.29, 1.82) is 0 Å². The smallest absolute Gasteiger partial charge is 0.270 e. The second kappa shape index (κ2) is 6.32. The van der Waals surface area contributed by atoms with Crippen molar-refractivity contribution in [2.75, 3.05) is 27.2 Å². The van der Waals surface area contributed by atoms with Crippen LogP contribution in [0.1, 0.15) is 26.2 Å². The Kier molecular flexibility index (Phi) is 4.61. The molecule has 0 radical (unpaired) electrons. The fraction of sp³-hybridized carbons (Fsp3) is 0.625. The average Bonchev–Trinajstić information content (AvgIpc) is 2.57. The van der Waals surface area contributed by atoms with Gasteiger partial charge in [-0.2, -0.15) is 0 Å². The van der Waals surface area contributed by atoms with Crippen LogP contribution in [0.5, 0.6) is 0 Å². The van der Waals surface area contributed by atoms with Crippen molar-refractivity contribution in [2.24, 2.45) is 0 Å². The van der Waals surface area contributed by atoms with Crippen molar-refractivity contribution < 1.29 is 18.0 Å². The molecule has 2 fully saturated rings. The van der Waals surface area contributed by atoms with Crippen LogP contribution in [0.25, 0.3) is 0 Å². The van der Waals surface area contributed by atoms with Crippen LogP contribution in [0.4, 0.5) is 0 Å². The zero-order valence-electron chi connectivity index (χ0n) is 14.5. The second-order valence-corrected chi connectivity index (χ2v) is 9.31. The number of alkyl halides is 1. The molecular weight excluding hydrogens is 366 g/mol. The third kappa shape index (κ3) is 2.75. The summed E-state index contributed by atoms with van der Waals surface area (Å²) in [6, 6.07) is 0. The number of fused-ring (bicyclic) bond motifs is 1. The van der Waals surface area contributed by atoms with Gasteiger partial charge in [-0.25, -0.2) is 8.42 Å². The molecule has 3 aliphatic heterocycles. The molecule has 0 N–H and O–H groups in total. The van der Waals surface area contributed by atoms with Crippen molar-refractivity contribution >= 4 is 33.3 Å². The van der Waals surface area contributed by atoms with E-state index in [1.807, 2.05) is 0 Å². The predicted octanol–water partition coefficient (Wildman–Crippen LogP) is 0.880. The summed E-state index contributed by atoms with van der Waals surface area (Å²) in [5.74, 6) is -0.822.